The van der Waals surface area contributed by atoms with Crippen LogP contribution >= 0.6 is 16.5 Å². The molecule has 0 radical (unpaired) electrons. The quantitative estimate of drug-likeness (QED) is 0.678. The summed E-state index contributed by atoms with van der Waals surface area (Å²) in [6.45, 7) is 3.87. The molecule has 0 heterocycles. The first-order chi connectivity index (χ1) is 6.10. The van der Waals surface area contributed by atoms with Gasteiger partial charge in [0.15, 0.2) is 4.31 Å². The predicted octanol–water partition coefficient (Wildman–Crippen LogP) is 2.91. The fraction of sp³-hybridized carbons (Fsp3) is 1.00. The van der Waals surface area contributed by atoms with Crippen LogP contribution in [0.3, 0.4) is 0 Å². The second-order valence-electron chi connectivity index (χ2n) is 2.47. The maximum absolute atomic E-state index is 10.9. The first kappa shape index (κ1) is 13.1. The van der Waals surface area contributed by atoms with Crippen LogP contribution in [0.2, 0.25) is 0 Å². The second kappa shape index (κ2) is 7.48. The molecular weight excluding hydrogens is 214 g/mol. The van der Waals surface area contributed by atoms with Crippen molar-refractivity contribution in [2.45, 2.75) is 39.2 Å². The molecular formula is C6H14O5P2+2. The summed E-state index contributed by atoms with van der Waals surface area (Å²) in [4.78, 5) is 8.26. The molecule has 0 aromatic carbocycles. The minimum atomic E-state index is -2.84. The maximum Gasteiger partial charge on any atom is 0.748 e. The van der Waals surface area contributed by atoms with E-state index in [2.05, 4.69) is 4.31 Å². The monoisotopic (exact) mass is 228 g/mol. The Balaban J connectivity index is 3.79. The highest BCUT2D eigenvalue weighted by Crippen LogP contribution is 2.38. The summed E-state index contributed by atoms with van der Waals surface area (Å²) in [6, 6.07) is 0. The standard InChI is InChI=1S/C6H13O5P2/c1-3-5-6(4-2)10-13(9)11-12(7)8/h6H,3-5H2,1-2H3/q+1/p+1. The van der Waals surface area contributed by atoms with Crippen LogP contribution in [0.4, 0.5) is 0 Å². The van der Waals surface area contributed by atoms with Crippen molar-refractivity contribution < 1.29 is 22.9 Å². The molecule has 76 valence electrons. The molecule has 0 aliphatic carbocycles. The van der Waals surface area contributed by atoms with Crippen LogP contribution in [-0.2, 0) is 18.0 Å². The Morgan fingerprint density at radius 2 is 2.00 bits per heavy atom. The van der Waals surface area contributed by atoms with Gasteiger partial charge in [0.25, 0.3) is 0 Å². The molecule has 3 atom stereocenters. The van der Waals surface area contributed by atoms with Crippen molar-refractivity contribution in [3.8, 4) is 0 Å². The summed E-state index contributed by atoms with van der Waals surface area (Å²) < 4.78 is 29.9. The first-order valence-electron chi connectivity index (χ1n) is 4.08. The van der Waals surface area contributed by atoms with Crippen LogP contribution < -0.4 is 0 Å². The molecule has 5 nitrogen and oxygen atoms in total. The van der Waals surface area contributed by atoms with Crippen molar-refractivity contribution in [2.24, 2.45) is 0 Å². The molecule has 0 saturated carbocycles. The molecule has 7 heteroatoms. The van der Waals surface area contributed by atoms with Crippen LogP contribution in [0.5, 0.6) is 0 Å². The highest BCUT2D eigenvalue weighted by Gasteiger charge is 2.38. The van der Waals surface area contributed by atoms with E-state index in [1.165, 1.54) is 0 Å². The van der Waals surface area contributed by atoms with Gasteiger partial charge in [-0.2, -0.15) is 0 Å². The number of rotatable bonds is 7. The summed E-state index contributed by atoms with van der Waals surface area (Å²) >= 11 is 0. The molecule has 0 aliphatic heterocycles. The molecule has 3 unspecified atom stereocenters. The Morgan fingerprint density at radius 3 is 2.38 bits per heavy atom. The lowest BCUT2D eigenvalue weighted by atomic mass is 10.2. The van der Waals surface area contributed by atoms with E-state index in [4.69, 9.17) is 9.42 Å². The van der Waals surface area contributed by atoms with Gasteiger partial charge in [0.2, 0.25) is 0 Å². The Morgan fingerprint density at radius 1 is 1.38 bits per heavy atom. The van der Waals surface area contributed by atoms with E-state index in [9.17, 15) is 9.13 Å². The van der Waals surface area contributed by atoms with Gasteiger partial charge in [-0.05, 0) is 12.8 Å². The molecule has 13 heavy (non-hydrogen) atoms. The minimum Gasteiger partial charge on any atom is -0.131 e. The normalized spacial score (nSPS) is 15.3. The van der Waals surface area contributed by atoms with Gasteiger partial charge in [-0.25, -0.2) is 0 Å². The van der Waals surface area contributed by atoms with Crippen LogP contribution in [0, 0.1) is 0 Å². The highest BCUT2D eigenvalue weighted by atomic mass is 31.2. The molecule has 1 N–H and O–H groups in total. The van der Waals surface area contributed by atoms with E-state index in [0.29, 0.717) is 6.42 Å². The summed E-state index contributed by atoms with van der Waals surface area (Å²) in [6.07, 6.45) is 2.22. The Bertz CT molecular complexity index is 184. The average Bonchev–Trinajstić information content (AvgIpc) is 2.02. The topological polar surface area (TPSA) is 72.8 Å². The largest absolute Gasteiger partial charge is 0.748 e. The average molecular weight is 228 g/mol. The number of hydrogen-bond donors (Lipinski definition) is 1. The molecule has 0 amide bonds. The summed E-state index contributed by atoms with van der Waals surface area (Å²) in [5.41, 5.74) is 0. The van der Waals surface area contributed by atoms with Crippen LogP contribution in [-0.4, -0.2) is 11.0 Å². The first-order valence-corrected chi connectivity index (χ1v) is 6.31. The SMILES string of the molecule is CCCC(CC)O[P+](=O)O[P+](=O)O. The zero-order chi connectivity index (χ0) is 10.3. The van der Waals surface area contributed by atoms with E-state index < -0.39 is 16.5 Å². The zero-order valence-electron chi connectivity index (χ0n) is 7.67. The summed E-state index contributed by atoms with van der Waals surface area (Å²) in [5.74, 6) is 0. The second-order valence-corrected chi connectivity index (χ2v) is 4.25. The van der Waals surface area contributed by atoms with E-state index in [1.807, 2.05) is 13.8 Å². The summed E-state index contributed by atoms with van der Waals surface area (Å²) in [5, 5.41) is 0. The molecule has 0 aromatic heterocycles. The lowest BCUT2D eigenvalue weighted by molar-refractivity contribution is 0.176. The fourth-order valence-corrected chi connectivity index (χ4v) is 1.96. The van der Waals surface area contributed by atoms with Crippen molar-refractivity contribution in [1.82, 2.24) is 0 Å². The molecule has 0 saturated heterocycles. The summed E-state index contributed by atoms with van der Waals surface area (Å²) in [7, 11) is -5.30. The van der Waals surface area contributed by atoms with Crippen molar-refractivity contribution in [2.75, 3.05) is 0 Å². The Kier molecular flexibility index (Phi) is 7.53. The van der Waals surface area contributed by atoms with Crippen molar-refractivity contribution in [3.05, 3.63) is 0 Å². The molecule has 0 bridgehead atoms. The van der Waals surface area contributed by atoms with E-state index >= 15 is 0 Å². The van der Waals surface area contributed by atoms with Gasteiger partial charge in [0.1, 0.15) is 6.10 Å². The lowest BCUT2D eigenvalue weighted by Crippen LogP contribution is -2.06. The van der Waals surface area contributed by atoms with Crippen LogP contribution in [0.15, 0.2) is 0 Å². The lowest BCUT2D eigenvalue weighted by Gasteiger charge is -2.03. The van der Waals surface area contributed by atoms with Crippen LogP contribution in [0.25, 0.3) is 0 Å². The van der Waals surface area contributed by atoms with Gasteiger partial charge in [-0.1, -0.05) is 20.3 Å². The third kappa shape index (κ3) is 7.17. The van der Waals surface area contributed by atoms with Gasteiger partial charge in [0, 0.05) is 9.13 Å². The molecule has 0 fully saturated rings. The van der Waals surface area contributed by atoms with Gasteiger partial charge < -0.3 is 0 Å². The van der Waals surface area contributed by atoms with Gasteiger partial charge in [0.05, 0.1) is 0 Å². The van der Waals surface area contributed by atoms with E-state index in [1.54, 1.807) is 0 Å². The van der Waals surface area contributed by atoms with Crippen molar-refractivity contribution in [3.63, 3.8) is 0 Å². The molecule has 0 rings (SSSR count). The third-order valence-electron chi connectivity index (χ3n) is 1.44. The van der Waals surface area contributed by atoms with Gasteiger partial charge in [-0.3, -0.25) is 0 Å². The van der Waals surface area contributed by atoms with Crippen molar-refractivity contribution in [1.29, 1.82) is 0 Å². The zero-order valence-corrected chi connectivity index (χ0v) is 9.46. The fourth-order valence-electron chi connectivity index (χ4n) is 0.851. The third-order valence-corrected chi connectivity index (χ3v) is 3.00. The molecule has 0 aromatic rings. The van der Waals surface area contributed by atoms with Crippen LogP contribution in [0.1, 0.15) is 33.1 Å². The number of hydrogen-bond acceptors (Lipinski definition) is 4. The Labute approximate surface area is 79.3 Å². The van der Waals surface area contributed by atoms with Gasteiger partial charge in [-0.15, -0.1) is 9.42 Å². The maximum atomic E-state index is 10.9. The highest BCUT2D eigenvalue weighted by molar-refractivity contribution is 7.47. The van der Waals surface area contributed by atoms with E-state index in [-0.39, 0.29) is 6.10 Å². The van der Waals surface area contributed by atoms with E-state index in [0.717, 1.165) is 12.8 Å². The van der Waals surface area contributed by atoms with Crippen molar-refractivity contribution >= 4 is 16.5 Å². The molecule has 0 spiro atoms. The predicted molar refractivity (Wildman–Crippen MR) is 48.6 cm³/mol. The molecule has 0 aliphatic rings. The Hall–Kier alpha value is 0.0800. The smallest absolute Gasteiger partial charge is 0.131 e. The van der Waals surface area contributed by atoms with Gasteiger partial charge >= 0.3 is 16.5 Å². The minimum absolute atomic E-state index is 0.163.